The molecule has 0 amide bonds. The number of nitrogens with two attached hydrogens (primary N) is 1. The molecule has 2 rings (SSSR count). The Morgan fingerprint density at radius 2 is 2.05 bits per heavy atom. The van der Waals surface area contributed by atoms with Crippen LogP contribution in [0.2, 0.25) is 0 Å². The molecule has 0 aliphatic heterocycles. The second-order valence-corrected chi connectivity index (χ2v) is 8.28. The molecule has 108 valence electrons. The third-order valence-electron chi connectivity index (χ3n) is 2.86. The fourth-order valence-electron chi connectivity index (χ4n) is 1.71. The van der Waals surface area contributed by atoms with E-state index in [4.69, 9.17) is 5.73 Å². The lowest BCUT2D eigenvalue weighted by Gasteiger charge is -2.06. The van der Waals surface area contributed by atoms with Gasteiger partial charge < -0.3 is 5.73 Å². The van der Waals surface area contributed by atoms with Gasteiger partial charge >= 0.3 is 0 Å². The monoisotopic (exact) mass is 374 g/mol. The minimum absolute atomic E-state index is 0.249. The van der Waals surface area contributed by atoms with Gasteiger partial charge in [-0.25, -0.2) is 13.1 Å². The van der Waals surface area contributed by atoms with Crippen LogP contribution in [0.25, 0.3) is 0 Å². The summed E-state index contributed by atoms with van der Waals surface area (Å²) in [6.45, 7) is 2.47. The van der Waals surface area contributed by atoms with Crippen molar-refractivity contribution in [1.29, 1.82) is 0 Å². The van der Waals surface area contributed by atoms with Gasteiger partial charge in [-0.2, -0.15) is 0 Å². The lowest BCUT2D eigenvalue weighted by molar-refractivity contribution is 0.583. The van der Waals surface area contributed by atoms with Crippen LogP contribution in [0.1, 0.15) is 16.0 Å². The zero-order chi connectivity index (χ0) is 14.8. The first-order chi connectivity index (χ1) is 9.44. The van der Waals surface area contributed by atoms with Gasteiger partial charge in [-0.05, 0) is 30.2 Å². The summed E-state index contributed by atoms with van der Waals surface area (Å²) in [5, 5.41) is 0. The molecule has 0 aliphatic rings. The van der Waals surface area contributed by atoms with Crippen molar-refractivity contribution in [3.05, 3.63) is 50.8 Å². The van der Waals surface area contributed by atoms with Gasteiger partial charge in [0, 0.05) is 22.4 Å². The van der Waals surface area contributed by atoms with Crippen molar-refractivity contribution < 1.29 is 8.42 Å². The van der Waals surface area contributed by atoms with E-state index in [-0.39, 0.29) is 6.54 Å². The molecule has 4 nitrogen and oxygen atoms in total. The lowest BCUT2D eigenvalue weighted by Crippen LogP contribution is -2.22. The molecule has 0 bridgehead atoms. The lowest BCUT2D eigenvalue weighted by atomic mass is 10.2. The Bertz CT molecular complexity index is 711. The van der Waals surface area contributed by atoms with Gasteiger partial charge in [0.05, 0.1) is 0 Å². The number of halogens is 1. The fourth-order valence-corrected chi connectivity index (χ4v) is 4.65. The first kappa shape index (κ1) is 15.7. The Morgan fingerprint density at radius 3 is 2.65 bits per heavy atom. The van der Waals surface area contributed by atoms with Gasteiger partial charge in [-0.3, -0.25) is 0 Å². The molecule has 1 aromatic carbocycles. The number of hydrogen-bond acceptors (Lipinski definition) is 4. The van der Waals surface area contributed by atoms with E-state index in [2.05, 4.69) is 20.7 Å². The molecule has 7 heteroatoms. The number of nitrogens with one attached hydrogen (secondary N) is 1. The minimum Gasteiger partial charge on any atom is -0.326 e. The second kappa shape index (κ2) is 6.36. The van der Waals surface area contributed by atoms with Crippen molar-refractivity contribution in [3.63, 3.8) is 0 Å². The Kier molecular flexibility index (Phi) is 4.98. The number of sulfonamides is 1. The topological polar surface area (TPSA) is 72.2 Å². The Hall–Kier alpha value is -0.730. The summed E-state index contributed by atoms with van der Waals surface area (Å²) in [4.78, 5) is 0.895. The van der Waals surface area contributed by atoms with Gasteiger partial charge in [0.15, 0.2) is 0 Å². The molecule has 0 saturated carbocycles. The zero-order valence-corrected chi connectivity index (χ0v) is 14.1. The normalized spacial score (nSPS) is 11.8. The highest BCUT2D eigenvalue weighted by Crippen LogP contribution is 2.26. The molecule has 1 aromatic heterocycles. The van der Waals surface area contributed by atoms with E-state index in [1.807, 2.05) is 31.2 Å². The first-order valence-corrected chi connectivity index (χ1v) is 9.06. The molecular weight excluding hydrogens is 360 g/mol. The quantitative estimate of drug-likeness (QED) is 0.844. The summed E-state index contributed by atoms with van der Waals surface area (Å²) in [7, 11) is -3.49. The molecule has 0 saturated heterocycles. The maximum atomic E-state index is 12.2. The average molecular weight is 375 g/mol. The Labute approximate surface area is 131 Å². The number of benzene rings is 1. The number of aryl methyl sites for hydroxylation is 1. The third kappa shape index (κ3) is 3.48. The van der Waals surface area contributed by atoms with E-state index >= 15 is 0 Å². The predicted molar refractivity (Wildman–Crippen MR) is 85.1 cm³/mol. The summed E-state index contributed by atoms with van der Waals surface area (Å²) < 4.78 is 28.3. The molecule has 0 spiro atoms. The molecule has 0 radical (unpaired) electrons. The van der Waals surface area contributed by atoms with Gasteiger partial charge in [-0.15, -0.1) is 11.3 Å². The molecule has 2 aromatic rings. The molecule has 3 N–H and O–H groups in total. The maximum absolute atomic E-state index is 12.2. The largest absolute Gasteiger partial charge is 0.326 e. The van der Waals surface area contributed by atoms with Gasteiger partial charge in [0.25, 0.3) is 0 Å². The number of thiophene rings is 1. The van der Waals surface area contributed by atoms with Crippen LogP contribution in [0.15, 0.2) is 39.0 Å². The van der Waals surface area contributed by atoms with Crippen LogP contribution in [0.3, 0.4) is 0 Å². The highest BCUT2D eigenvalue weighted by atomic mass is 79.9. The van der Waals surface area contributed by atoms with Crippen LogP contribution in [-0.4, -0.2) is 8.42 Å². The van der Waals surface area contributed by atoms with Gasteiger partial charge in [0.2, 0.25) is 10.0 Å². The van der Waals surface area contributed by atoms with E-state index in [1.54, 1.807) is 6.07 Å². The maximum Gasteiger partial charge on any atom is 0.250 e. The summed E-state index contributed by atoms with van der Waals surface area (Å²) in [5.74, 6) is 0. The minimum atomic E-state index is -3.49. The van der Waals surface area contributed by atoms with E-state index in [0.29, 0.717) is 10.8 Å². The summed E-state index contributed by atoms with van der Waals surface area (Å²) >= 11 is 4.62. The van der Waals surface area contributed by atoms with Crippen molar-refractivity contribution in [2.75, 3.05) is 0 Å². The van der Waals surface area contributed by atoms with Crippen LogP contribution >= 0.6 is 27.3 Å². The summed E-state index contributed by atoms with van der Waals surface area (Å²) in [6, 6.07) is 9.17. The first-order valence-electron chi connectivity index (χ1n) is 5.96. The van der Waals surface area contributed by atoms with Crippen LogP contribution in [0.4, 0.5) is 0 Å². The van der Waals surface area contributed by atoms with Crippen molar-refractivity contribution in [1.82, 2.24) is 4.72 Å². The third-order valence-corrected chi connectivity index (χ3v) is 6.77. The van der Waals surface area contributed by atoms with Crippen LogP contribution in [0.5, 0.6) is 0 Å². The van der Waals surface area contributed by atoms with Gasteiger partial charge in [-0.1, -0.05) is 34.1 Å². The smallest absolute Gasteiger partial charge is 0.250 e. The molecule has 0 unspecified atom stereocenters. The van der Waals surface area contributed by atoms with Crippen LogP contribution in [-0.2, 0) is 23.1 Å². The summed E-state index contributed by atoms with van der Waals surface area (Å²) in [6.07, 6.45) is 0. The van der Waals surface area contributed by atoms with E-state index < -0.39 is 10.0 Å². The molecule has 0 fully saturated rings. The average Bonchev–Trinajstić information content (AvgIpc) is 2.80. The number of hydrogen-bond donors (Lipinski definition) is 2. The summed E-state index contributed by atoms with van der Waals surface area (Å²) in [5.41, 5.74) is 7.39. The van der Waals surface area contributed by atoms with E-state index in [1.165, 1.54) is 11.3 Å². The van der Waals surface area contributed by atoms with E-state index in [9.17, 15) is 8.42 Å². The number of rotatable bonds is 5. The van der Waals surface area contributed by atoms with Crippen molar-refractivity contribution >= 4 is 37.3 Å². The molecule has 20 heavy (non-hydrogen) atoms. The van der Waals surface area contributed by atoms with Crippen LogP contribution in [0, 0.1) is 6.92 Å². The predicted octanol–water partition coefficient (Wildman–Crippen LogP) is 2.76. The molecule has 0 aliphatic carbocycles. The van der Waals surface area contributed by atoms with Crippen LogP contribution < -0.4 is 10.5 Å². The SMILES string of the molecule is Cc1cc(S(=O)(=O)NCc2ccccc2Br)sc1CN. The Morgan fingerprint density at radius 1 is 1.35 bits per heavy atom. The molecular formula is C13H15BrN2O2S2. The highest BCUT2D eigenvalue weighted by molar-refractivity contribution is 9.10. The second-order valence-electron chi connectivity index (χ2n) is 4.29. The van der Waals surface area contributed by atoms with E-state index in [0.717, 1.165) is 20.5 Å². The standard InChI is InChI=1S/C13H15BrN2O2S2/c1-9-6-13(19-12(9)7-15)20(17,18)16-8-10-4-2-3-5-11(10)14/h2-6,16H,7-8,15H2,1H3. The zero-order valence-electron chi connectivity index (χ0n) is 10.9. The van der Waals surface area contributed by atoms with Crippen molar-refractivity contribution in [2.24, 2.45) is 5.73 Å². The Balaban J connectivity index is 2.17. The fraction of sp³-hybridized carbons (Fsp3) is 0.231. The van der Waals surface area contributed by atoms with Gasteiger partial charge in [0.1, 0.15) is 4.21 Å². The highest BCUT2D eigenvalue weighted by Gasteiger charge is 2.18. The molecule has 0 atom stereocenters. The van der Waals surface area contributed by atoms with Crippen molar-refractivity contribution in [3.8, 4) is 0 Å². The molecule has 1 heterocycles. The van der Waals surface area contributed by atoms with Crippen molar-refractivity contribution in [2.45, 2.75) is 24.2 Å².